The van der Waals surface area contributed by atoms with Crippen molar-refractivity contribution >= 4 is 21.8 Å². The van der Waals surface area contributed by atoms with Crippen LogP contribution in [0.1, 0.15) is 31.9 Å². The van der Waals surface area contributed by atoms with Crippen LogP contribution in [0.15, 0.2) is 28.7 Å². The van der Waals surface area contributed by atoms with Crippen LogP contribution >= 0.6 is 15.9 Å². The minimum atomic E-state index is 0.0446. The van der Waals surface area contributed by atoms with Crippen molar-refractivity contribution in [3.63, 3.8) is 0 Å². The van der Waals surface area contributed by atoms with Crippen LogP contribution in [0.5, 0.6) is 0 Å². The molecule has 21 heavy (non-hydrogen) atoms. The molecular weight excluding hydrogens is 330 g/mol. The van der Waals surface area contributed by atoms with E-state index in [9.17, 15) is 4.79 Å². The first-order valence-corrected chi connectivity index (χ1v) is 8.29. The van der Waals surface area contributed by atoms with Gasteiger partial charge in [-0.05, 0) is 31.0 Å². The van der Waals surface area contributed by atoms with Gasteiger partial charge in [-0.15, -0.1) is 0 Å². The molecule has 0 saturated carbocycles. The van der Waals surface area contributed by atoms with Gasteiger partial charge < -0.3 is 10.6 Å². The molecule has 1 aliphatic rings. The molecule has 1 saturated heterocycles. The van der Waals surface area contributed by atoms with Crippen molar-refractivity contribution < 1.29 is 4.79 Å². The lowest BCUT2D eigenvalue weighted by Crippen LogP contribution is -2.41. The molecule has 116 valence electrons. The maximum Gasteiger partial charge on any atom is 0.219 e. The van der Waals surface area contributed by atoms with Crippen LogP contribution in [-0.4, -0.2) is 47.9 Å². The summed E-state index contributed by atoms with van der Waals surface area (Å²) < 4.78 is 1.07. The third-order valence-electron chi connectivity index (χ3n) is 4.06. The van der Waals surface area contributed by atoms with Crippen molar-refractivity contribution in [2.45, 2.75) is 32.4 Å². The van der Waals surface area contributed by atoms with Crippen LogP contribution in [-0.2, 0) is 4.79 Å². The van der Waals surface area contributed by atoms with Crippen LogP contribution in [0, 0.1) is 0 Å². The number of halogens is 1. The number of rotatable bonds is 3. The van der Waals surface area contributed by atoms with Gasteiger partial charge in [-0.2, -0.15) is 0 Å². The van der Waals surface area contributed by atoms with Gasteiger partial charge in [-0.3, -0.25) is 9.69 Å². The van der Waals surface area contributed by atoms with Gasteiger partial charge >= 0.3 is 0 Å². The molecule has 0 radical (unpaired) electrons. The predicted molar refractivity (Wildman–Crippen MR) is 89.0 cm³/mol. The third-order valence-corrected chi connectivity index (χ3v) is 4.55. The number of amides is 1. The summed E-state index contributed by atoms with van der Waals surface area (Å²) in [5.41, 5.74) is 7.49. The monoisotopic (exact) mass is 353 g/mol. The standard InChI is InChI=1S/C16H24BrN3O/c1-12(18)16(14-5-3-6-15(17)11-14)20-8-4-7-19(9-10-20)13(2)21/h3,5-6,11-12,16H,4,7-10,18H2,1-2H3. The van der Waals surface area contributed by atoms with Gasteiger partial charge in [0.15, 0.2) is 0 Å². The number of hydrogen-bond donors (Lipinski definition) is 1. The van der Waals surface area contributed by atoms with Gasteiger partial charge in [0.2, 0.25) is 5.91 Å². The zero-order valence-electron chi connectivity index (χ0n) is 12.8. The maximum atomic E-state index is 11.6. The average molecular weight is 354 g/mol. The van der Waals surface area contributed by atoms with Crippen LogP contribution in [0.25, 0.3) is 0 Å². The minimum Gasteiger partial charge on any atom is -0.342 e. The molecule has 2 N–H and O–H groups in total. The van der Waals surface area contributed by atoms with Crippen molar-refractivity contribution in [1.82, 2.24) is 9.80 Å². The molecule has 1 fully saturated rings. The first-order valence-electron chi connectivity index (χ1n) is 7.49. The molecule has 2 atom stereocenters. The van der Waals surface area contributed by atoms with E-state index >= 15 is 0 Å². The summed E-state index contributed by atoms with van der Waals surface area (Å²) in [6, 6.07) is 8.59. The molecule has 0 aliphatic carbocycles. The Kier molecular flexibility index (Phi) is 5.79. The van der Waals surface area contributed by atoms with Crippen LogP contribution in [0.4, 0.5) is 0 Å². The zero-order valence-corrected chi connectivity index (χ0v) is 14.3. The van der Waals surface area contributed by atoms with Crippen molar-refractivity contribution in [1.29, 1.82) is 0 Å². The van der Waals surface area contributed by atoms with Gasteiger partial charge in [0.05, 0.1) is 0 Å². The molecule has 0 bridgehead atoms. The lowest BCUT2D eigenvalue weighted by molar-refractivity contribution is -0.128. The summed E-state index contributed by atoms with van der Waals surface area (Å²) in [5, 5.41) is 0. The highest BCUT2D eigenvalue weighted by molar-refractivity contribution is 9.10. The second kappa shape index (κ2) is 7.38. The predicted octanol–water partition coefficient (Wildman–Crippen LogP) is 2.39. The molecule has 0 spiro atoms. The summed E-state index contributed by atoms with van der Waals surface area (Å²) in [4.78, 5) is 15.9. The topological polar surface area (TPSA) is 49.6 Å². The smallest absolute Gasteiger partial charge is 0.219 e. The van der Waals surface area contributed by atoms with Crippen molar-refractivity contribution in [2.75, 3.05) is 26.2 Å². The zero-order chi connectivity index (χ0) is 15.4. The highest BCUT2D eigenvalue weighted by Gasteiger charge is 2.26. The number of carbonyl (C=O) groups excluding carboxylic acids is 1. The summed E-state index contributed by atoms with van der Waals surface area (Å²) >= 11 is 3.54. The average Bonchev–Trinajstić information content (AvgIpc) is 2.64. The van der Waals surface area contributed by atoms with E-state index in [1.807, 2.05) is 11.0 Å². The Labute approximate surface area is 135 Å². The summed E-state index contributed by atoms with van der Waals surface area (Å²) in [6.07, 6.45) is 0.997. The first-order chi connectivity index (χ1) is 9.99. The van der Waals surface area contributed by atoms with E-state index in [-0.39, 0.29) is 18.0 Å². The number of hydrogen-bond acceptors (Lipinski definition) is 3. The fraction of sp³-hybridized carbons (Fsp3) is 0.562. The van der Waals surface area contributed by atoms with E-state index in [0.29, 0.717) is 0 Å². The number of nitrogens with two attached hydrogens (primary N) is 1. The summed E-state index contributed by atoms with van der Waals surface area (Å²) in [6.45, 7) is 7.18. The van der Waals surface area contributed by atoms with E-state index in [1.165, 1.54) is 5.56 Å². The second-order valence-electron chi connectivity index (χ2n) is 5.75. The Hall–Kier alpha value is -0.910. The normalized spacial score (nSPS) is 19.9. The van der Waals surface area contributed by atoms with Crippen molar-refractivity contribution in [3.8, 4) is 0 Å². The Morgan fingerprint density at radius 3 is 2.67 bits per heavy atom. The van der Waals surface area contributed by atoms with E-state index in [2.05, 4.69) is 46.0 Å². The first kappa shape index (κ1) is 16.5. The molecule has 1 aromatic carbocycles. The molecule has 2 unspecified atom stereocenters. The van der Waals surface area contributed by atoms with E-state index in [1.54, 1.807) is 6.92 Å². The van der Waals surface area contributed by atoms with Crippen LogP contribution in [0.2, 0.25) is 0 Å². The Bertz CT molecular complexity index is 492. The lowest BCUT2D eigenvalue weighted by atomic mass is 9.99. The summed E-state index contributed by atoms with van der Waals surface area (Å²) in [7, 11) is 0. The van der Waals surface area contributed by atoms with Gasteiger partial charge in [0, 0.05) is 49.7 Å². The van der Waals surface area contributed by atoms with E-state index in [4.69, 9.17) is 5.73 Å². The number of nitrogens with zero attached hydrogens (tertiary/aromatic N) is 2. The Morgan fingerprint density at radius 2 is 2.05 bits per heavy atom. The Balaban J connectivity index is 2.17. The largest absolute Gasteiger partial charge is 0.342 e. The SMILES string of the molecule is CC(=O)N1CCCN(C(c2cccc(Br)c2)C(C)N)CC1. The van der Waals surface area contributed by atoms with E-state index < -0.39 is 0 Å². The molecule has 0 aromatic heterocycles. The summed E-state index contributed by atoms with van der Waals surface area (Å²) in [5.74, 6) is 0.164. The quantitative estimate of drug-likeness (QED) is 0.907. The number of benzene rings is 1. The van der Waals surface area contributed by atoms with Gasteiger partial charge in [0.25, 0.3) is 0 Å². The minimum absolute atomic E-state index is 0.0446. The van der Waals surface area contributed by atoms with Crippen molar-refractivity contribution in [2.24, 2.45) is 5.73 Å². The molecule has 5 heteroatoms. The fourth-order valence-corrected chi connectivity index (χ4v) is 3.48. The maximum absolute atomic E-state index is 11.6. The fourth-order valence-electron chi connectivity index (χ4n) is 3.07. The van der Waals surface area contributed by atoms with Gasteiger partial charge in [0.1, 0.15) is 0 Å². The van der Waals surface area contributed by atoms with Gasteiger partial charge in [-0.25, -0.2) is 0 Å². The molecular formula is C16H24BrN3O. The van der Waals surface area contributed by atoms with Crippen LogP contribution < -0.4 is 5.73 Å². The number of carbonyl (C=O) groups is 1. The molecule has 1 heterocycles. The van der Waals surface area contributed by atoms with Crippen LogP contribution in [0.3, 0.4) is 0 Å². The lowest BCUT2D eigenvalue weighted by Gasteiger charge is -2.34. The molecule has 1 aliphatic heterocycles. The highest BCUT2D eigenvalue weighted by Crippen LogP contribution is 2.27. The third kappa shape index (κ3) is 4.28. The highest BCUT2D eigenvalue weighted by atomic mass is 79.9. The van der Waals surface area contributed by atoms with Gasteiger partial charge in [-0.1, -0.05) is 28.1 Å². The second-order valence-corrected chi connectivity index (χ2v) is 6.67. The Morgan fingerprint density at radius 1 is 1.29 bits per heavy atom. The van der Waals surface area contributed by atoms with E-state index in [0.717, 1.165) is 37.1 Å². The molecule has 2 rings (SSSR count). The molecule has 1 aromatic rings. The molecule has 4 nitrogen and oxygen atoms in total. The van der Waals surface area contributed by atoms with Crippen molar-refractivity contribution in [3.05, 3.63) is 34.3 Å². The molecule has 1 amide bonds.